The first-order valence-electron chi connectivity index (χ1n) is 4.39. The van der Waals surface area contributed by atoms with Gasteiger partial charge in [-0.05, 0) is 25.1 Å². The van der Waals surface area contributed by atoms with Gasteiger partial charge in [-0.15, -0.1) is 5.10 Å². The molecule has 0 radical (unpaired) electrons. The van der Waals surface area contributed by atoms with Crippen molar-refractivity contribution in [2.45, 2.75) is 13.0 Å². The van der Waals surface area contributed by atoms with Crippen LogP contribution in [-0.4, -0.2) is 15.0 Å². The molecule has 4 heteroatoms. The van der Waals surface area contributed by atoms with Crippen LogP contribution in [0.3, 0.4) is 0 Å². The third-order valence-corrected chi connectivity index (χ3v) is 2.26. The summed E-state index contributed by atoms with van der Waals surface area (Å²) in [6.07, 6.45) is 1.86. The van der Waals surface area contributed by atoms with E-state index in [0.29, 0.717) is 0 Å². The van der Waals surface area contributed by atoms with Crippen LogP contribution in [0.2, 0.25) is 0 Å². The van der Waals surface area contributed by atoms with Crippen molar-refractivity contribution >= 4 is 22.6 Å². The Morgan fingerprint density at radius 1 is 1.43 bits per heavy atom. The van der Waals surface area contributed by atoms with Gasteiger partial charge in [-0.1, -0.05) is 28.9 Å². The molecular formula is C10H10ClN3. The Balaban J connectivity index is 2.52. The normalized spacial score (nSPS) is 13.9. The molecule has 0 spiro atoms. The fourth-order valence-corrected chi connectivity index (χ4v) is 1.59. The van der Waals surface area contributed by atoms with Crippen molar-refractivity contribution < 1.29 is 0 Å². The van der Waals surface area contributed by atoms with Crippen LogP contribution in [0.4, 0.5) is 0 Å². The average molecular weight is 208 g/mol. The highest BCUT2D eigenvalue weighted by molar-refractivity contribution is 6.25. The van der Waals surface area contributed by atoms with Gasteiger partial charge in [0.05, 0.1) is 11.6 Å². The number of rotatable bonds is 2. The summed E-state index contributed by atoms with van der Waals surface area (Å²) in [5.74, 6) is 0. The summed E-state index contributed by atoms with van der Waals surface area (Å²) in [5, 5.41) is 8.13. The molecule has 0 amide bonds. The van der Waals surface area contributed by atoms with Gasteiger partial charge in [-0.3, -0.25) is 0 Å². The van der Waals surface area contributed by atoms with E-state index >= 15 is 0 Å². The molecule has 2 aromatic rings. The van der Waals surface area contributed by atoms with Crippen molar-refractivity contribution in [2.75, 3.05) is 0 Å². The van der Waals surface area contributed by atoms with E-state index in [4.69, 9.17) is 11.6 Å². The lowest BCUT2D eigenvalue weighted by Gasteiger charge is -2.05. The zero-order chi connectivity index (χ0) is 9.97. The van der Waals surface area contributed by atoms with Crippen molar-refractivity contribution in [1.82, 2.24) is 15.0 Å². The molecule has 0 bridgehead atoms. The standard InChI is InChI=1S/C10H10ClN3/c1-8(6-7-11)14-10-5-3-2-4-9(10)12-13-14/h2-8H,1H3/b7-6-. The quantitative estimate of drug-likeness (QED) is 0.758. The Morgan fingerprint density at radius 2 is 2.21 bits per heavy atom. The molecule has 1 heterocycles. The highest BCUT2D eigenvalue weighted by Crippen LogP contribution is 2.15. The maximum absolute atomic E-state index is 5.52. The van der Waals surface area contributed by atoms with Crippen molar-refractivity contribution in [1.29, 1.82) is 0 Å². The second-order valence-electron chi connectivity index (χ2n) is 3.08. The highest BCUT2D eigenvalue weighted by Gasteiger charge is 2.06. The Labute approximate surface area is 87.0 Å². The van der Waals surface area contributed by atoms with Crippen molar-refractivity contribution in [3.8, 4) is 0 Å². The van der Waals surface area contributed by atoms with E-state index in [0.717, 1.165) is 11.0 Å². The predicted molar refractivity (Wildman–Crippen MR) is 57.2 cm³/mol. The third kappa shape index (κ3) is 1.51. The van der Waals surface area contributed by atoms with Gasteiger partial charge in [-0.2, -0.15) is 0 Å². The van der Waals surface area contributed by atoms with Crippen molar-refractivity contribution in [3.05, 3.63) is 35.9 Å². The monoisotopic (exact) mass is 207 g/mol. The van der Waals surface area contributed by atoms with Crippen LogP contribution < -0.4 is 0 Å². The van der Waals surface area contributed by atoms with Gasteiger partial charge >= 0.3 is 0 Å². The summed E-state index contributed by atoms with van der Waals surface area (Å²) in [4.78, 5) is 0. The Kier molecular flexibility index (Phi) is 2.50. The van der Waals surface area contributed by atoms with Crippen LogP contribution in [0.25, 0.3) is 11.0 Å². The lowest BCUT2D eigenvalue weighted by atomic mass is 10.3. The minimum Gasteiger partial charge on any atom is -0.238 e. The topological polar surface area (TPSA) is 30.7 Å². The summed E-state index contributed by atoms with van der Waals surface area (Å²) < 4.78 is 1.84. The molecule has 3 nitrogen and oxygen atoms in total. The SMILES string of the molecule is CC(/C=C\Cl)n1nnc2ccccc21. The number of nitrogens with zero attached hydrogens (tertiary/aromatic N) is 3. The first kappa shape index (κ1) is 9.21. The molecule has 0 saturated carbocycles. The van der Waals surface area contributed by atoms with Crippen molar-refractivity contribution in [3.63, 3.8) is 0 Å². The summed E-state index contributed by atoms with van der Waals surface area (Å²) in [6.45, 7) is 2.01. The van der Waals surface area contributed by atoms with Crippen molar-refractivity contribution in [2.24, 2.45) is 0 Å². The summed E-state index contributed by atoms with van der Waals surface area (Å²) in [5.41, 5.74) is 3.43. The van der Waals surface area contributed by atoms with E-state index < -0.39 is 0 Å². The fraction of sp³-hybridized carbons (Fsp3) is 0.200. The molecule has 2 rings (SSSR count). The maximum atomic E-state index is 5.52. The second kappa shape index (κ2) is 3.80. The summed E-state index contributed by atoms with van der Waals surface area (Å²) in [6, 6.07) is 7.98. The minimum atomic E-state index is 0.125. The molecule has 1 aromatic carbocycles. The molecule has 0 aliphatic heterocycles. The molecule has 0 aliphatic carbocycles. The highest BCUT2D eigenvalue weighted by atomic mass is 35.5. The van der Waals surface area contributed by atoms with E-state index in [2.05, 4.69) is 10.3 Å². The van der Waals surface area contributed by atoms with E-state index in [1.165, 1.54) is 5.54 Å². The molecule has 14 heavy (non-hydrogen) atoms. The van der Waals surface area contributed by atoms with Crippen LogP contribution in [-0.2, 0) is 0 Å². The summed E-state index contributed by atoms with van der Waals surface area (Å²) in [7, 11) is 0. The minimum absolute atomic E-state index is 0.125. The Morgan fingerprint density at radius 3 is 3.00 bits per heavy atom. The maximum Gasteiger partial charge on any atom is 0.113 e. The van der Waals surface area contributed by atoms with E-state index in [9.17, 15) is 0 Å². The largest absolute Gasteiger partial charge is 0.238 e. The molecule has 1 atom stereocenters. The van der Waals surface area contributed by atoms with Crippen LogP contribution in [0.15, 0.2) is 35.9 Å². The van der Waals surface area contributed by atoms with Gasteiger partial charge in [0.15, 0.2) is 0 Å². The van der Waals surface area contributed by atoms with E-state index in [-0.39, 0.29) is 6.04 Å². The van der Waals surface area contributed by atoms with Gasteiger partial charge in [0.1, 0.15) is 5.52 Å². The van der Waals surface area contributed by atoms with Gasteiger partial charge in [0.25, 0.3) is 0 Å². The van der Waals surface area contributed by atoms with Gasteiger partial charge in [-0.25, -0.2) is 4.68 Å². The van der Waals surface area contributed by atoms with Gasteiger partial charge in [0.2, 0.25) is 0 Å². The van der Waals surface area contributed by atoms with E-state index in [1.807, 2.05) is 41.9 Å². The number of hydrogen-bond acceptors (Lipinski definition) is 2. The second-order valence-corrected chi connectivity index (χ2v) is 3.33. The lowest BCUT2D eigenvalue weighted by Crippen LogP contribution is -2.03. The Bertz CT molecular complexity index is 461. The Hall–Kier alpha value is -1.35. The first-order chi connectivity index (χ1) is 6.83. The predicted octanol–water partition coefficient (Wildman–Crippen LogP) is 2.74. The number of allylic oxidation sites excluding steroid dienone is 1. The zero-order valence-corrected chi connectivity index (χ0v) is 8.52. The lowest BCUT2D eigenvalue weighted by molar-refractivity contribution is 0.575. The number of halogens is 1. The molecule has 0 aliphatic rings. The van der Waals surface area contributed by atoms with Crippen LogP contribution in [0, 0.1) is 0 Å². The molecule has 72 valence electrons. The van der Waals surface area contributed by atoms with Gasteiger partial charge < -0.3 is 0 Å². The summed E-state index contributed by atoms with van der Waals surface area (Å²) >= 11 is 5.52. The number of para-hydroxylation sites is 1. The van der Waals surface area contributed by atoms with Crippen LogP contribution in [0.1, 0.15) is 13.0 Å². The number of fused-ring (bicyclic) bond motifs is 1. The average Bonchev–Trinajstić information content (AvgIpc) is 2.61. The first-order valence-corrected chi connectivity index (χ1v) is 4.83. The molecule has 0 fully saturated rings. The fourth-order valence-electron chi connectivity index (χ4n) is 1.37. The smallest absolute Gasteiger partial charge is 0.113 e. The molecule has 1 aromatic heterocycles. The molecule has 0 saturated heterocycles. The van der Waals surface area contributed by atoms with Crippen LogP contribution >= 0.6 is 11.6 Å². The molecule has 0 N–H and O–H groups in total. The number of aromatic nitrogens is 3. The third-order valence-electron chi connectivity index (χ3n) is 2.11. The number of benzene rings is 1. The van der Waals surface area contributed by atoms with Crippen LogP contribution in [0.5, 0.6) is 0 Å². The number of hydrogen-bond donors (Lipinski definition) is 0. The van der Waals surface area contributed by atoms with Gasteiger partial charge in [0, 0.05) is 5.54 Å². The zero-order valence-electron chi connectivity index (χ0n) is 7.76. The molecule has 1 unspecified atom stereocenters. The van der Waals surface area contributed by atoms with E-state index in [1.54, 1.807) is 0 Å². The molecular weight excluding hydrogens is 198 g/mol.